The highest BCUT2D eigenvalue weighted by atomic mass is 16.5. The average molecular weight is 244 g/mol. The highest BCUT2D eigenvalue weighted by Gasteiger charge is 2.05. The summed E-state index contributed by atoms with van der Waals surface area (Å²) in [5.74, 6) is -0.120. The van der Waals surface area contributed by atoms with E-state index in [-0.39, 0.29) is 12.1 Å². The molecule has 1 atom stereocenters. The quantitative estimate of drug-likeness (QED) is 0.447. The van der Waals surface area contributed by atoms with Gasteiger partial charge in [-0.2, -0.15) is 0 Å². The molecule has 0 aliphatic rings. The second kappa shape index (κ2) is 11.9. The maximum atomic E-state index is 11.0. The lowest BCUT2D eigenvalue weighted by molar-refractivity contribution is -0.143. The van der Waals surface area contributed by atoms with Crippen LogP contribution >= 0.6 is 0 Å². The molecule has 1 unspecified atom stereocenters. The average Bonchev–Trinajstić information content (AvgIpc) is 2.31. The topological polar surface area (TPSA) is 46.5 Å². The van der Waals surface area contributed by atoms with Gasteiger partial charge in [-0.3, -0.25) is 4.79 Å². The normalized spacial score (nSPS) is 12.4. The number of aliphatic hydroxyl groups excluding tert-OH is 1. The molecule has 0 aliphatic heterocycles. The molecule has 0 spiro atoms. The van der Waals surface area contributed by atoms with Gasteiger partial charge in [0.25, 0.3) is 0 Å². The predicted molar refractivity (Wildman–Crippen MR) is 69.9 cm³/mol. The van der Waals surface area contributed by atoms with E-state index in [1.807, 2.05) is 6.92 Å². The number of unbranched alkanes of at least 4 members (excludes halogenated alkanes) is 4. The van der Waals surface area contributed by atoms with Crippen molar-refractivity contribution < 1.29 is 14.6 Å². The summed E-state index contributed by atoms with van der Waals surface area (Å²) in [5.41, 5.74) is 0. The zero-order chi connectivity index (χ0) is 12.9. The number of carbonyl (C=O) groups is 1. The number of carbonyl (C=O) groups excluding carboxylic acids is 1. The van der Waals surface area contributed by atoms with Crippen molar-refractivity contribution in [2.75, 3.05) is 6.61 Å². The first-order valence-corrected chi connectivity index (χ1v) is 7.04. The van der Waals surface area contributed by atoms with Crippen LogP contribution in [0.4, 0.5) is 0 Å². The SMILES string of the molecule is CCCCCCC(O)CCCCC(=O)OCC. The van der Waals surface area contributed by atoms with Crippen LogP contribution in [0.1, 0.15) is 71.6 Å². The monoisotopic (exact) mass is 244 g/mol. The molecular weight excluding hydrogens is 216 g/mol. The van der Waals surface area contributed by atoms with Crippen molar-refractivity contribution in [2.24, 2.45) is 0 Å². The summed E-state index contributed by atoms with van der Waals surface area (Å²) in [7, 11) is 0. The molecule has 3 nitrogen and oxygen atoms in total. The molecule has 0 fully saturated rings. The van der Waals surface area contributed by atoms with Crippen LogP contribution in [-0.4, -0.2) is 23.8 Å². The lowest BCUT2D eigenvalue weighted by atomic mass is 10.0. The van der Waals surface area contributed by atoms with E-state index >= 15 is 0 Å². The van der Waals surface area contributed by atoms with Gasteiger partial charge in [0.05, 0.1) is 12.7 Å². The van der Waals surface area contributed by atoms with Crippen molar-refractivity contribution >= 4 is 5.97 Å². The minimum Gasteiger partial charge on any atom is -0.466 e. The summed E-state index contributed by atoms with van der Waals surface area (Å²) in [6.45, 7) is 4.46. The van der Waals surface area contributed by atoms with Gasteiger partial charge in [-0.15, -0.1) is 0 Å². The lowest BCUT2D eigenvalue weighted by Gasteiger charge is -2.09. The molecule has 1 N–H and O–H groups in total. The van der Waals surface area contributed by atoms with Gasteiger partial charge in [0.2, 0.25) is 0 Å². The maximum absolute atomic E-state index is 11.0. The molecule has 0 aliphatic carbocycles. The van der Waals surface area contributed by atoms with E-state index in [0.717, 1.165) is 32.1 Å². The Bertz CT molecular complexity index is 180. The second-order valence-electron chi connectivity index (χ2n) is 4.55. The van der Waals surface area contributed by atoms with Crippen LogP contribution in [-0.2, 0) is 9.53 Å². The van der Waals surface area contributed by atoms with Crippen molar-refractivity contribution in [3.8, 4) is 0 Å². The standard InChI is InChI=1S/C14H28O3/c1-3-5-6-7-10-13(15)11-8-9-12-14(16)17-4-2/h13,15H,3-12H2,1-2H3. The molecule has 0 aromatic carbocycles. The van der Waals surface area contributed by atoms with Gasteiger partial charge in [0.1, 0.15) is 0 Å². The van der Waals surface area contributed by atoms with Gasteiger partial charge in [-0.05, 0) is 26.2 Å². The molecule has 102 valence electrons. The predicted octanol–water partition coefficient (Wildman–Crippen LogP) is 3.44. The highest BCUT2D eigenvalue weighted by Crippen LogP contribution is 2.11. The Kier molecular flexibility index (Phi) is 11.5. The molecule has 0 saturated heterocycles. The van der Waals surface area contributed by atoms with E-state index in [2.05, 4.69) is 6.92 Å². The summed E-state index contributed by atoms with van der Waals surface area (Å²) in [6.07, 6.45) is 8.57. The summed E-state index contributed by atoms with van der Waals surface area (Å²) < 4.78 is 4.84. The lowest BCUT2D eigenvalue weighted by Crippen LogP contribution is -2.07. The Morgan fingerprint density at radius 1 is 1.06 bits per heavy atom. The van der Waals surface area contributed by atoms with E-state index in [1.165, 1.54) is 19.3 Å². The first kappa shape index (κ1) is 16.4. The van der Waals surface area contributed by atoms with E-state index in [1.54, 1.807) is 0 Å². The fourth-order valence-corrected chi connectivity index (χ4v) is 1.83. The number of ether oxygens (including phenoxy) is 1. The van der Waals surface area contributed by atoms with Gasteiger partial charge in [-0.1, -0.05) is 39.0 Å². The van der Waals surface area contributed by atoms with Crippen molar-refractivity contribution in [2.45, 2.75) is 77.7 Å². The van der Waals surface area contributed by atoms with Crippen LogP contribution in [0.2, 0.25) is 0 Å². The summed E-state index contributed by atoms with van der Waals surface area (Å²) in [4.78, 5) is 11.0. The zero-order valence-corrected chi connectivity index (χ0v) is 11.4. The van der Waals surface area contributed by atoms with Crippen molar-refractivity contribution in [3.05, 3.63) is 0 Å². The van der Waals surface area contributed by atoms with Gasteiger partial charge < -0.3 is 9.84 Å². The Morgan fingerprint density at radius 3 is 2.29 bits per heavy atom. The molecule has 0 amide bonds. The molecule has 0 rings (SSSR count). The van der Waals surface area contributed by atoms with E-state index in [0.29, 0.717) is 13.0 Å². The van der Waals surface area contributed by atoms with E-state index < -0.39 is 0 Å². The molecular formula is C14H28O3. The summed E-state index contributed by atoms with van der Waals surface area (Å²) in [6, 6.07) is 0. The van der Waals surface area contributed by atoms with Crippen LogP contribution in [0.25, 0.3) is 0 Å². The molecule has 0 bridgehead atoms. The maximum Gasteiger partial charge on any atom is 0.305 e. The fourth-order valence-electron chi connectivity index (χ4n) is 1.83. The van der Waals surface area contributed by atoms with Crippen molar-refractivity contribution in [1.82, 2.24) is 0 Å². The third-order valence-electron chi connectivity index (χ3n) is 2.86. The van der Waals surface area contributed by atoms with Crippen LogP contribution in [0.15, 0.2) is 0 Å². The van der Waals surface area contributed by atoms with Crippen LogP contribution in [0.5, 0.6) is 0 Å². The molecule has 0 saturated carbocycles. The van der Waals surface area contributed by atoms with Gasteiger partial charge in [0.15, 0.2) is 0 Å². The third-order valence-corrected chi connectivity index (χ3v) is 2.86. The summed E-state index contributed by atoms with van der Waals surface area (Å²) in [5, 5.41) is 9.70. The number of aliphatic hydroxyl groups is 1. The fraction of sp³-hybridized carbons (Fsp3) is 0.929. The van der Waals surface area contributed by atoms with Gasteiger partial charge in [-0.25, -0.2) is 0 Å². The molecule has 0 heterocycles. The third kappa shape index (κ3) is 11.7. The van der Waals surface area contributed by atoms with Gasteiger partial charge in [0, 0.05) is 6.42 Å². The van der Waals surface area contributed by atoms with Crippen molar-refractivity contribution in [3.63, 3.8) is 0 Å². The second-order valence-corrected chi connectivity index (χ2v) is 4.55. The first-order valence-electron chi connectivity index (χ1n) is 7.04. The molecule has 17 heavy (non-hydrogen) atoms. The number of hydrogen-bond acceptors (Lipinski definition) is 3. The van der Waals surface area contributed by atoms with Gasteiger partial charge >= 0.3 is 5.97 Å². The Labute approximate surface area is 106 Å². The Morgan fingerprint density at radius 2 is 1.71 bits per heavy atom. The smallest absolute Gasteiger partial charge is 0.305 e. The number of rotatable bonds is 11. The molecule has 0 aromatic heterocycles. The minimum absolute atomic E-state index is 0.120. The van der Waals surface area contributed by atoms with Crippen LogP contribution < -0.4 is 0 Å². The molecule has 0 radical (unpaired) electrons. The Hall–Kier alpha value is -0.570. The largest absolute Gasteiger partial charge is 0.466 e. The molecule has 3 heteroatoms. The summed E-state index contributed by atoms with van der Waals surface area (Å²) >= 11 is 0. The van der Waals surface area contributed by atoms with E-state index in [4.69, 9.17) is 4.74 Å². The van der Waals surface area contributed by atoms with Crippen LogP contribution in [0, 0.1) is 0 Å². The highest BCUT2D eigenvalue weighted by molar-refractivity contribution is 5.69. The van der Waals surface area contributed by atoms with E-state index in [9.17, 15) is 9.90 Å². The first-order chi connectivity index (χ1) is 8.20. The Balaban J connectivity index is 3.26. The minimum atomic E-state index is -0.186. The van der Waals surface area contributed by atoms with Crippen molar-refractivity contribution in [1.29, 1.82) is 0 Å². The molecule has 0 aromatic rings. The number of hydrogen-bond donors (Lipinski definition) is 1. The zero-order valence-electron chi connectivity index (χ0n) is 11.4. The van der Waals surface area contributed by atoms with Crippen LogP contribution in [0.3, 0.4) is 0 Å². The number of esters is 1.